The van der Waals surface area contributed by atoms with E-state index in [-0.39, 0.29) is 30.4 Å². The lowest BCUT2D eigenvalue weighted by atomic mass is 9.86. The molecule has 2 aliphatic heterocycles. The number of hydrogen-bond donors (Lipinski definition) is 5. The smallest absolute Gasteiger partial charge is 0.326 e. The molecule has 0 saturated carbocycles. The number of aliphatic carboxylic acids is 1. The molecular formula is C33H44N2O8. The first kappa shape index (κ1) is 32.0. The monoisotopic (exact) mass is 596 g/mol. The minimum Gasteiger partial charge on any atom is -0.507 e. The summed E-state index contributed by atoms with van der Waals surface area (Å²) < 4.78 is 12.4. The minimum atomic E-state index is -1.27. The molecule has 5 N–H and O–H groups in total. The Morgan fingerprint density at radius 2 is 1.19 bits per heavy atom. The maximum absolute atomic E-state index is 13.3. The Morgan fingerprint density at radius 3 is 1.63 bits per heavy atom. The highest BCUT2D eigenvalue weighted by Crippen LogP contribution is 2.44. The number of aromatic hydroxyl groups is 2. The summed E-state index contributed by atoms with van der Waals surface area (Å²) in [5.41, 5.74) is 3.82. The fraction of sp³-hybridized carbons (Fsp3) is 0.545. The molecule has 10 heteroatoms. The van der Waals surface area contributed by atoms with Crippen molar-refractivity contribution in [2.45, 2.75) is 111 Å². The summed E-state index contributed by atoms with van der Waals surface area (Å²) in [5, 5.41) is 36.2. The Hall–Kier alpha value is -3.95. The lowest BCUT2D eigenvalue weighted by molar-refractivity contribution is -0.146. The van der Waals surface area contributed by atoms with Gasteiger partial charge >= 0.3 is 5.97 Å². The van der Waals surface area contributed by atoms with Crippen LogP contribution in [0, 0.1) is 41.5 Å². The van der Waals surface area contributed by atoms with Crippen LogP contribution in [0.2, 0.25) is 0 Å². The zero-order valence-electron chi connectivity index (χ0n) is 26.4. The van der Waals surface area contributed by atoms with Crippen molar-refractivity contribution in [1.29, 1.82) is 0 Å². The molecular weight excluding hydrogens is 552 g/mol. The van der Waals surface area contributed by atoms with E-state index in [2.05, 4.69) is 10.6 Å². The van der Waals surface area contributed by atoms with Crippen LogP contribution in [0.3, 0.4) is 0 Å². The second kappa shape index (κ2) is 11.6. The third-order valence-electron chi connectivity index (χ3n) is 9.56. The quantitative estimate of drug-likeness (QED) is 0.283. The second-order valence-corrected chi connectivity index (χ2v) is 12.5. The molecule has 2 amide bonds. The summed E-state index contributed by atoms with van der Waals surface area (Å²) >= 11 is 0. The van der Waals surface area contributed by atoms with Gasteiger partial charge in [-0.1, -0.05) is 0 Å². The third-order valence-corrected chi connectivity index (χ3v) is 9.56. The second-order valence-electron chi connectivity index (χ2n) is 12.5. The molecule has 0 aliphatic carbocycles. The lowest BCUT2D eigenvalue weighted by Gasteiger charge is -2.37. The van der Waals surface area contributed by atoms with Gasteiger partial charge in [-0.15, -0.1) is 0 Å². The van der Waals surface area contributed by atoms with Gasteiger partial charge in [0.25, 0.3) is 11.8 Å². The first-order chi connectivity index (χ1) is 20.0. The van der Waals surface area contributed by atoms with Crippen LogP contribution in [-0.4, -0.2) is 56.9 Å². The predicted molar refractivity (Wildman–Crippen MR) is 161 cm³/mol. The molecule has 0 spiro atoms. The zero-order valence-corrected chi connectivity index (χ0v) is 26.4. The number of benzene rings is 2. The predicted octanol–water partition coefficient (Wildman–Crippen LogP) is 4.28. The van der Waals surface area contributed by atoms with E-state index >= 15 is 0 Å². The Morgan fingerprint density at radius 1 is 0.744 bits per heavy atom. The molecule has 2 heterocycles. The number of carboxylic acids is 1. The van der Waals surface area contributed by atoms with E-state index in [1.807, 2.05) is 34.6 Å². The van der Waals surface area contributed by atoms with Crippen LogP contribution in [-0.2, 0) is 27.2 Å². The fourth-order valence-electron chi connectivity index (χ4n) is 6.08. The van der Waals surface area contributed by atoms with Gasteiger partial charge in [0.1, 0.15) is 29.0 Å². The molecule has 234 valence electrons. The standard InChI is InChI=1S/C33H44N2O8/c1-16-18(3)27-22(20(5)25(16)36)11-13-32(7,42-27)30(40)34-15-9-10-24(29(38)39)35-31(41)33(8)14-12-23-21(6)26(37)17(2)19(4)28(23)43-33/h24,36-37H,9-15H2,1-8H3,(H,34,40)(H,35,41)(H,38,39)/t24-,32+,33+/m0/s1. The zero-order chi connectivity index (χ0) is 32.0. The maximum Gasteiger partial charge on any atom is 0.326 e. The number of fused-ring (bicyclic) bond motifs is 2. The molecule has 0 radical (unpaired) electrons. The van der Waals surface area contributed by atoms with Crippen LogP contribution in [0.15, 0.2) is 0 Å². The van der Waals surface area contributed by atoms with Crippen LogP contribution < -0.4 is 20.1 Å². The minimum absolute atomic E-state index is 0.107. The molecule has 10 nitrogen and oxygen atoms in total. The van der Waals surface area contributed by atoms with Gasteiger partial charge in [0, 0.05) is 30.5 Å². The molecule has 4 rings (SSSR count). The van der Waals surface area contributed by atoms with Gasteiger partial charge in [-0.3, -0.25) is 9.59 Å². The summed E-state index contributed by atoms with van der Waals surface area (Å²) in [5.74, 6) is -0.330. The number of nitrogens with one attached hydrogen (secondary N) is 2. The van der Waals surface area contributed by atoms with Crippen molar-refractivity contribution >= 4 is 17.8 Å². The van der Waals surface area contributed by atoms with Gasteiger partial charge in [-0.05, 0) is 114 Å². The summed E-state index contributed by atoms with van der Waals surface area (Å²) in [4.78, 5) is 38.6. The van der Waals surface area contributed by atoms with Crippen LogP contribution in [0.1, 0.15) is 84.0 Å². The summed E-state index contributed by atoms with van der Waals surface area (Å²) in [6, 6.07) is -1.16. The summed E-state index contributed by atoms with van der Waals surface area (Å²) in [6.45, 7) is 14.6. The van der Waals surface area contributed by atoms with E-state index in [1.165, 1.54) is 0 Å². The first-order valence-corrected chi connectivity index (χ1v) is 14.9. The number of ether oxygens (including phenoxy) is 2. The van der Waals surface area contributed by atoms with Crippen LogP contribution in [0.4, 0.5) is 0 Å². The highest BCUT2D eigenvalue weighted by molar-refractivity contribution is 5.90. The van der Waals surface area contributed by atoms with Crippen molar-refractivity contribution in [3.05, 3.63) is 44.5 Å². The number of phenols is 2. The van der Waals surface area contributed by atoms with Crippen molar-refractivity contribution < 1.29 is 39.2 Å². The molecule has 0 fully saturated rings. The van der Waals surface area contributed by atoms with Gasteiger partial charge in [0.05, 0.1) is 0 Å². The fourth-order valence-corrected chi connectivity index (χ4v) is 6.08. The Kier molecular flexibility index (Phi) is 8.64. The SMILES string of the molecule is Cc1c(C)c2c(c(C)c1O)CC[C@](C)(C(=O)NCCC[C@H](NC(=O)[C@@]1(C)CCc3c(C)c(O)c(C)c(C)c3O1)C(=O)O)O2. The molecule has 2 aromatic carbocycles. The first-order valence-electron chi connectivity index (χ1n) is 14.9. The van der Waals surface area contributed by atoms with Gasteiger partial charge in [0.2, 0.25) is 0 Å². The van der Waals surface area contributed by atoms with Crippen molar-refractivity contribution in [3.8, 4) is 23.0 Å². The number of rotatable bonds is 8. The molecule has 0 bridgehead atoms. The van der Waals surface area contributed by atoms with E-state index in [4.69, 9.17) is 9.47 Å². The largest absolute Gasteiger partial charge is 0.507 e. The highest BCUT2D eigenvalue weighted by Gasteiger charge is 2.43. The Balaban J connectivity index is 1.35. The molecule has 0 saturated heterocycles. The number of phenolic OH excluding ortho intramolecular Hbond substituents is 2. The molecule has 0 aromatic heterocycles. The number of amides is 2. The van der Waals surface area contributed by atoms with Crippen LogP contribution in [0.5, 0.6) is 23.0 Å². The Labute approximate surface area is 252 Å². The van der Waals surface area contributed by atoms with E-state index < -0.39 is 29.1 Å². The maximum atomic E-state index is 13.3. The van der Waals surface area contributed by atoms with Crippen molar-refractivity contribution in [2.24, 2.45) is 0 Å². The Bertz CT molecular complexity index is 1500. The van der Waals surface area contributed by atoms with Crippen LogP contribution >= 0.6 is 0 Å². The number of carboxylic acid groups (broad SMARTS) is 1. The molecule has 2 aromatic rings. The van der Waals surface area contributed by atoms with E-state index in [1.54, 1.807) is 20.8 Å². The molecule has 43 heavy (non-hydrogen) atoms. The molecule has 0 unspecified atom stereocenters. The topological polar surface area (TPSA) is 154 Å². The summed E-state index contributed by atoms with van der Waals surface area (Å²) in [7, 11) is 0. The van der Waals surface area contributed by atoms with Crippen molar-refractivity contribution in [1.82, 2.24) is 10.6 Å². The number of carbonyl (C=O) groups is 3. The summed E-state index contributed by atoms with van der Waals surface area (Å²) in [6.07, 6.45) is 2.28. The van der Waals surface area contributed by atoms with Gasteiger partial charge < -0.3 is 35.4 Å². The number of carbonyl (C=O) groups excluding carboxylic acids is 2. The van der Waals surface area contributed by atoms with E-state index in [0.29, 0.717) is 49.2 Å². The van der Waals surface area contributed by atoms with Crippen molar-refractivity contribution in [3.63, 3.8) is 0 Å². The normalized spacial score (nSPS) is 21.5. The van der Waals surface area contributed by atoms with E-state index in [0.717, 1.165) is 38.9 Å². The van der Waals surface area contributed by atoms with E-state index in [9.17, 15) is 29.7 Å². The van der Waals surface area contributed by atoms with Crippen molar-refractivity contribution in [2.75, 3.05) is 6.54 Å². The van der Waals surface area contributed by atoms with Crippen LogP contribution in [0.25, 0.3) is 0 Å². The average molecular weight is 597 g/mol. The molecule has 2 aliphatic rings. The van der Waals surface area contributed by atoms with Gasteiger partial charge in [0.15, 0.2) is 11.2 Å². The number of hydrogen-bond acceptors (Lipinski definition) is 7. The van der Waals surface area contributed by atoms with Gasteiger partial charge in [-0.2, -0.15) is 0 Å². The van der Waals surface area contributed by atoms with Gasteiger partial charge in [-0.25, -0.2) is 4.79 Å². The highest BCUT2D eigenvalue weighted by atomic mass is 16.5. The average Bonchev–Trinajstić information content (AvgIpc) is 2.97. The molecule has 3 atom stereocenters. The third kappa shape index (κ3) is 5.71. The lowest BCUT2D eigenvalue weighted by Crippen LogP contribution is -2.55.